The molecule has 2 aromatic heterocycles. The Bertz CT molecular complexity index is 570. The van der Waals surface area contributed by atoms with Crippen molar-refractivity contribution in [3.05, 3.63) is 40.3 Å². The van der Waals surface area contributed by atoms with E-state index in [4.69, 9.17) is 4.74 Å². The maximum Gasteiger partial charge on any atom is 0.0900 e. The van der Waals surface area contributed by atoms with E-state index in [2.05, 4.69) is 22.3 Å². The highest BCUT2D eigenvalue weighted by Crippen LogP contribution is 2.31. The molecule has 0 aliphatic carbocycles. The number of rotatable bonds is 7. The van der Waals surface area contributed by atoms with Crippen molar-refractivity contribution in [2.45, 2.75) is 31.6 Å². The topological polar surface area (TPSA) is 50.5 Å². The first-order valence-corrected chi connectivity index (χ1v) is 8.61. The first-order valence-electron chi connectivity index (χ1n) is 7.73. The molecule has 1 fully saturated rings. The number of likely N-dealkylation sites (tertiary alicyclic amines) is 1. The lowest BCUT2D eigenvalue weighted by Gasteiger charge is -2.26. The van der Waals surface area contributed by atoms with Gasteiger partial charge >= 0.3 is 0 Å². The van der Waals surface area contributed by atoms with Gasteiger partial charge in [-0.05, 0) is 30.8 Å². The van der Waals surface area contributed by atoms with Crippen LogP contribution >= 0.6 is 11.3 Å². The first kappa shape index (κ1) is 15.7. The number of nitrogens with zero attached hydrogens (tertiary/aromatic N) is 3. The molecule has 0 spiro atoms. The third kappa shape index (κ3) is 3.95. The van der Waals surface area contributed by atoms with Gasteiger partial charge in [-0.25, -0.2) is 0 Å². The number of thiophene rings is 1. The summed E-state index contributed by atoms with van der Waals surface area (Å²) in [6.45, 7) is 2.65. The molecule has 1 aliphatic rings. The first-order chi connectivity index (χ1) is 10.7. The van der Waals surface area contributed by atoms with E-state index in [-0.39, 0.29) is 0 Å². The minimum atomic E-state index is -0.447. The quantitative estimate of drug-likeness (QED) is 0.849. The molecule has 3 rings (SSSR count). The maximum absolute atomic E-state index is 10.2. The summed E-state index contributed by atoms with van der Waals surface area (Å²) in [6.07, 6.45) is 5.86. The average molecular weight is 321 g/mol. The lowest BCUT2D eigenvalue weighted by molar-refractivity contribution is 0.00848. The zero-order valence-electron chi connectivity index (χ0n) is 12.9. The van der Waals surface area contributed by atoms with Gasteiger partial charge < -0.3 is 9.84 Å². The molecule has 0 radical (unpaired) electrons. The van der Waals surface area contributed by atoms with Crippen LogP contribution in [0.2, 0.25) is 0 Å². The molecule has 3 heterocycles. The minimum absolute atomic E-state index is 0.376. The fourth-order valence-corrected chi connectivity index (χ4v) is 3.69. The molecule has 2 aromatic rings. The van der Waals surface area contributed by atoms with Crippen molar-refractivity contribution in [1.29, 1.82) is 0 Å². The van der Waals surface area contributed by atoms with Gasteiger partial charge in [0.25, 0.3) is 0 Å². The number of aromatic nitrogens is 2. The van der Waals surface area contributed by atoms with Crippen LogP contribution in [0.15, 0.2) is 29.9 Å². The third-order valence-electron chi connectivity index (χ3n) is 4.05. The van der Waals surface area contributed by atoms with Gasteiger partial charge in [-0.3, -0.25) is 9.58 Å². The molecule has 0 saturated carbocycles. The SMILES string of the molecule is Cn1cc([C@H]2CCCN2C[C@@H](O)COCc2cccs2)cn1. The van der Waals surface area contributed by atoms with Gasteiger partial charge in [-0.15, -0.1) is 11.3 Å². The Hall–Kier alpha value is -1.21. The Morgan fingerprint density at radius 3 is 3.18 bits per heavy atom. The molecule has 120 valence electrons. The smallest absolute Gasteiger partial charge is 0.0900 e. The van der Waals surface area contributed by atoms with Gasteiger partial charge in [0.15, 0.2) is 0 Å². The Balaban J connectivity index is 1.46. The second-order valence-electron chi connectivity index (χ2n) is 5.85. The van der Waals surface area contributed by atoms with Crippen molar-refractivity contribution in [3.8, 4) is 0 Å². The summed E-state index contributed by atoms with van der Waals surface area (Å²) < 4.78 is 7.45. The Labute approximate surface area is 135 Å². The zero-order chi connectivity index (χ0) is 15.4. The van der Waals surface area contributed by atoms with Crippen LogP contribution in [-0.2, 0) is 18.4 Å². The van der Waals surface area contributed by atoms with Gasteiger partial charge in [0, 0.05) is 36.3 Å². The van der Waals surface area contributed by atoms with E-state index in [9.17, 15) is 5.11 Å². The lowest BCUT2D eigenvalue weighted by Crippen LogP contribution is -2.34. The summed E-state index contributed by atoms with van der Waals surface area (Å²) in [5.41, 5.74) is 1.24. The van der Waals surface area contributed by atoms with Gasteiger partial charge in [-0.1, -0.05) is 6.07 Å². The molecule has 0 amide bonds. The van der Waals surface area contributed by atoms with Gasteiger partial charge in [0.2, 0.25) is 0 Å². The molecule has 1 N–H and O–H groups in total. The number of aliphatic hydroxyl groups excluding tert-OH is 1. The molecule has 0 bridgehead atoms. The fraction of sp³-hybridized carbons (Fsp3) is 0.562. The zero-order valence-corrected chi connectivity index (χ0v) is 13.7. The maximum atomic E-state index is 10.2. The average Bonchev–Trinajstić information content (AvgIpc) is 3.20. The van der Waals surface area contributed by atoms with Crippen LogP contribution in [0, 0.1) is 0 Å². The van der Waals surface area contributed by atoms with E-state index in [0.29, 0.717) is 25.8 Å². The van der Waals surface area contributed by atoms with E-state index in [1.807, 2.05) is 29.4 Å². The molecule has 22 heavy (non-hydrogen) atoms. The summed E-state index contributed by atoms with van der Waals surface area (Å²) in [6, 6.07) is 4.44. The number of hydrogen-bond donors (Lipinski definition) is 1. The van der Waals surface area contributed by atoms with Gasteiger partial charge in [-0.2, -0.15) is 5.10 Å². The highest BCUT2D eigenvalue weighted by molar-refractivity contribution is 7.09. The number of aliphatic hydroxyl groups is 1. The highest BCUT2D eigenvalue weighted by Gasteiger charge is 2.28. The molecule has 6 heteroatoms. The van der Waals surface area contributed by atoms with Crippen LogP contribution in [0.5, 0.6) is 0 Å². The predicted octanol–water partition coefficient (Wildman–Crippen LogP) is 2.20. The Morgan fingerprint density at radius 1 is 1.55 bits per heavy atom. The van der Waals surface area contributed by atoms with Crippen molar-refractivity contribution in [2.24, 2.45) is 7.05 Å². The fourth-order valence-electron chi connectivity index (χ4n) is 3.05. The number of aryl methyl sites for hydroxylation is 1. The summed E-state index contributed by atoms with van der Waals surface area (Å²) in [7, 11) is 1.94. The largest absolute Gasteiger partial charge is 0.389 e. The van der Waals surface area contributed by atoms with E-state index >= 15 is 0 Å². The number of ether oxygens (including phenoxy) is 1. The molecule has 2 atom stereocenters. The Morgan fingerprint density at radius 2 is 2.45 bits per heavy atom. The van der Waals surface area contributed by atoms with Crippen molar-refractivity contribution in [1.82, 2.24) is 14.7 Å². The summed E-state index contributed by atoms with van der Waals surface area (Å²) in [5, 5.41) is 16.5. The summed E-state index contributed by atoms with van der Waals surface area (Å²) in [5.74, 6) is 0. The molecular formula is C16H23N3O2S. The van der Waals surface area contributed by atoms with Crippen molar-refractivity contribution < 1.29 is 9.84 Å². The molecule has 5 nitrogen and oxygen atoms in total. The van der Waals surface area contributed by atoms with Crippen LogP contribution < -0.4 is 0 Å². The highest BCUT2D eigenvalue weighted by atomic mass is 32.1. The standard InChI is InChI=1S/C16H23N3O2S/c1-18-9-13(8-17-18)16-5-2-6-19(16)10-14(20)11-21-12-15-4-3-7-22-15/h3-4,7-9,14,16,20H,2,5-6,10-12H2,1H3/t14-,16-/m1/s1. The van der Waals surface area contributed by atoms with E-state index in [0.717, 1.165) is 13.0 Å². The van der Waals surface area contributed by atoms with E-state index in [1.54, 1.807) is 11.3 Å². The van der Waals surface area contributed by atoms with Crippen LogP contribution in [0.3, 0.4) is 0 Å². The van der Waals surface area contributed by atoms with Gasteiger partial charge in [0.1, 0.15) is 0 Å². The number of hydrogen-bond acceptors (Lipinski definition) is 5. The van der Waals surface area contributed by atoms with Crippen LogP contribution in [0.25, 0.3) is 0 Å². The van der Waals surface area contributed by atoms with Gasteiger partial charge in [0.05, 0.1) is 25.5 Å². The van der Waals surface area contributed by atoms with E-state index < -0.39 is 6.10 Å². The lowest BCUT2D eigenvalue weighted by atomic mass is 10.1. The van der Waals surface area contributed by atoms with Crippen LogP contribution in [0.4, 0.5) is 0 Å². The van der Waals surface area contributed by atoms with Crippen LogP contribution in [0.1, 0.15) is 29.3 Å². The second kappa shape index (κ2) is 7.37. The molecular weight excluding hydrogens is 298 g/mol. The molecule has 1 aliphatic heterocycles. The third-order valence-corrected chi connectivity index (χ3v) is 4.90. The Kier molecular flexibility index (Phi) is 5.25. The molecule has 0 aromatic carbocycles. The summed E-state index contributed by atoms with van der Waals surface area (Å²) in [4.78, 5) is 3.54. The van der Waals surface area contributed by atoms with E-state index in [1.165, 1.54) is 16.9 Å². The monoisotopic (exact) mass is 321 g/mol. The van der Waals surface area contributed by atoms with Crippen LogP contribution in [-0.4, -0.2) is 45.6 Å². The second-order valence-corrected chi connectivity index (χ2v) is 6.88. The minimum Gasteiger partial charge on any atom is -0.389 e. The molecule has 1 saturated heterocycles. The molecule has 0 unspecified atom stereocenters. The van der Waals surface area contributed by atoms with Crippen molar-refractivity contribution >= 4 is 11.3 Å². The number of β-amino-alcohol motifs (C(OH)–C–C–N with tert-alkyl or cyclic N) is 1. The van der Waals surface area contributed by atoms with Crippen molar-refractivity contribution in [3.63, 3.8) is 0 Å². The predicted molar refractivity (Wildman–Crippen MR) is 86.7 cm³/mol. The van der Waals surface area contributed by atoms with Crippen molar-refractivity contribution in [2.75, 3.05) is 19.7 Å². The summed E-state index contributed by atoms with van der Waals surface area (Å²) >= 11 is 1.68. The normalized spacial score (nSPS) is 20.5.